The fraction of sp³-hybridized carbons (Fsp3) is 0.846. The molecule has 2 N–H and O–H groups in total. The number of carboxylic acids is 1. The second kappa shape index (κ2) is 5.97. The number of carbonyl (C=O) groups excluding carboxylic acids is 1. The van der Waals surface area contributed by atoms with Gasteiger partial charge in [0.2, 0.25) is 0 Å². The molecule has 2 aliphatic rings. The van der Waals surface area contributed by atoms with Gasteiger partial charge in [0.15, 0.2) is 0 Å². The van der Waals surface area contributed by atoms with E-state index < -0.39 is 11.4 Å². The highest BCUT2D eigenvalue weighted by Gasteiger charge is 2.46. The molecule has 2 aliphatic heterocycles. The van der Waals surface area contributed by atoms with Gasteiger partial charge in [0.25, 0.3) is 0 Å². The number of likely N-dealkylation sites (tertiary alicyclic amines) is 1. The van der Waals surface area contributed by atoms with Crippen molar-refractivity contribution in [3.8, 4) is 0 Å². The van der Waals surface area contributed by atoms with Crippen LogP contribution >= 0.6 is 0 Å². The minimum absolute atomic E-state index is 0.141. The largest absolute Gasteiger partial charge is 0.481 e. The number of aliphatic carboxylic acids is 1. The van der Waals surface area contributed by atoms with Crippen molar-refractivity contribution in [2.45, 2.75) is 25.8 Å². The molecule has 0 saturated carbocycles. The molecule has 0 aliphatic carbocycles. The van der Waals surface area contributed by atoms with E-state index in [4.69, 9.17) is 4.74 Å². The molecule has 2 fully saturated rings. The Labute approximate surface area is 118 Å². The predicted octanol–water partition coefficient (Wildman–Crippen LogP) is -0.0138. The van der Waals surface area contributed by atoms with E-state index in [0.717, 1.165) is 0 Å². The molecule has 2 amide bonds. The molecule has 7 nitrogen and oxygen atoms in total. The molecule has 0 aromatic rings. The van der Waals surface area contributed by atoms with Gasteiger partial charge in [-0.1, -0.05) is 6.92 Å². The van der Waals surface area contributed by atoms with Gasteiger partial charge >= 0.3 is 12.0 Å². The molecule has 2 heterocycles. The van der Waals surface area contributed by atoms with Gasteiger partial charge in [0.05, 0.1) is 31.3 Å². The highest BCUT2D eigenvalue weighted by Crippen LogP contribution is 2.34. The second-order valence-corrected chi connectivity index (χ2v) is 5.50. The van der Waals surface area contributed by atoms with Crippen LogP contribution in [-0.4, -0.2) is 77.5 Å². The minimum atomic E-state index is -0.837. The summed E-state index contributed by atoms with van der Waals surface area (Å²) in [6.07, 6.45) is 0.997. The number of ether oxygens (including phenoxy) is 1. The van der Waals surface area contributed by atoms with Gasteiger partial charge in [-0.2, -0.15) is 0 Å². The van der Waals surface area contributed by atoms with E-state index in [1.807, 2.05) is 6.92 Å². The van der Waals surface area contributed by atoms with Gasteiger partial charge in [-0.15, -0.1) is 0 Å². The quantitative estimate of drug-likeness (QED) is 0.761. The van der Waals surface area contributed by atoms with Crippen LogP contribution in [0.4, 0.5) is 4.79 Å². The van der Waals surface area contributed by atoms with Crippen molar-refractivity contribution >= 4 is 12.0 Å². The zero-order valence-corrected chi connectivity index (χ0v) is 11.7. The Morgan fingerprint density at radius 2 is 2.15 bits per heavy atom. The number of nitrogens with zero attached hydrogens (tertiary/aromatic N) is 2. The lowest BCUT2D eigenvalue weighted by atomic mass is 9.84. The molecule has 2 rings (SSSR count). The van der Waals surface area contributed by atoms with Crippen LogP contribution in [0.5, 0.6) is 0 Å². The highest BCUT2D eigenvalue weighted by atomic mass is 16.5. The Kier molecular flexibility index (Phi) is 4.49. The molecule has 0 aromatic carbocycles. The number of rotatable bonds is 3. The second-order valence-electron chi connectivity index (χ2n) is 5.50. The van der Waals surface area contributed by atoms with Crippen LogP contribution in [-0.2, 0) is 9.53 Å². The first-order valence-electron chi connectivity index (χ1n) is 7.01. The van der Waals surface area contributed by atoms with E-state index in [9.17, 15) is 19.8 Å². The van der Waals surface area contributed by atoms with Crippen molar-refractivity contribution in [3.63, 3.8) is 0 Å². The van der Waals surface area contributed by atoms with E-state index in [1.165, 1.54) is 0 Å². The fourth-order valence-corrected chi connectivity index (χ4v) is 2.89. The Balaban J connectivity index is 2.05. The van der Waals surface area contributed by atoms with Crippen LogP contribution in [0.2, 0.25) is 0 Å². The topological polar surface area (TPSA) is 90.3 Å². The van der Waals surface area contributed by atoms with Crippen molar-refractivity contribution < 1.29 is 24.5 Å². The van der Waals surface area contributed by atoms with Crippen LogP contribution in [0.1, 0.15) is 19.8 Å². The first kappa shape index (κ1) is 15.1. The third kappa shape index (κ3) is 2.60. The van der Waals surface area contributed by atoms with E-state index in [2.05, 4.69) is 0 Å². The summed E-state index contributed by atoms with van der Waals surface area (Å²) < 4.78 is 5.25. The van der Waals surface area contributed by atoms with Crippen LogP contribution in [0.3, 0.4) is 0 Å². The standard InChI is InChI=1S/C13H22N2O5/c1-2-13(11(17)18)3-4-14(9-13)12(19)15-5-6-20-8-10(15)7-16/h10,16H,2-9H2,1H3,(H,17,18). The molecular weight excluding hydrogens is 264 g/mol. The molecule has 7 heteroatoms. The summed E-state index contributed by atoms with van der Waals surface area (Å²) in [5.41, 5.74) is -0.823. The number of carboxylic acid groups (broad SMARTS) is 1. The Morgan fingerprint density at radius 3 is 2.70 bits per heavy atom. The van der Waals surface area contributed by atoms with Crippen LogP contribution < -0.4 is 0 Å². The molecular formula is C13H22N2O5. The lowest BCUT2D eigenvalue weighted by Crippen LogP contribution is -2.55. The van der Waals surface area contributed by atoms with Gasteiger partial charge < -0.3 is 24.7 Å². The van der Waals surface area contributed by atoms with Crippen LogP contribution in [0, 0.1) is 5.41 Å². The Bertz CT molecular complexity index is 389. The van der Waals surface area contributed by atoms with Crippen molar-refractivity contribution in [1.82, 2.24) is 9.80 Å². The first-order valence-corrected chi connectivity index (χ1v) is 7.01. The first-order chi connectivity index (χ1) is 9.54. The molecule has 2 saturated heterocycles. The summed E-state index contributed by atoms with van der Waals surface area (Å²) in [4.78, 5) is 27.1. The summed E-state index contributed by atoms with van der Waals surface area (Å²) in [6, 6.07) is -0.526. The maximum Gasteiger partial charge on any atom is 0.320 e. The maximum atomic E-state index is 12.5. The lowest BCUT2D eigenvalue weighted by Gasteiger charge is -2.37. The van der Waals surface area contributed by atoms with Crippen molar-refractivity contribution in [2.75, 3.05) is 39.5 Å². The number of aliphatic hydroxyl groups is 1. The van der Waals surface area contributed by atoms with Gasteiger partial charge in [0, 0.05) is 19.6 Å². The number of urea groups is 1. The van der Waals surface area contributed by atoms with Crippen molar-refractivity contribution in [2.24, 2.45) is 5.41 Å². The van der Waals surface area contributed by atoms with E-state index in [0.29, 0.717) is 39.1 Å². The monoisotopic (exact) mass is 286 g/mol. The summed E-state index contributed by atoms with van der Waals surface area (Å²) in [5.74, 6) is -0.837. The smallest absolute Gasteiger partial charge is 0.320 e. The third-order valence-electron chi connectivity index (χ3n) is 4.44. The van der Waals surface area contributed by atoms with Gasteiger partial charge in [-0.3, -0.25) is 4.79 Å². The van der Waals surface area contributed by atoms with Crippen molar-refractivity contribution in [3.05, 3.63) is 0 Å². The maximum absolute atomic E-state index is 12.5. The van der Waals surface area contributed by atoms with E-state index in [-0.39, 0.29) is 25.2 Å². The molecule has 0 radical (unpaired) electrons. The zero-order chi connectivity index (χ0) is 14.8. The number of carbonyl (C=O) groups is 2. The van der Waals surface area contributed by atoms with E-state index in [1.54, 1.807) is 9.80 Å². The SMILES string of the molecule is CCC1(C(=O)O)CCN(C(=O)N2CCOCC2CO)C1. The molecule has 0 spiro atoms. The predicted molar refractivity (Wildman–Crippen MR) is 70.3 cm³/mol. The summed E-state index contributed by atoms with van der Waals surface area (Å²) >= 11 is 0. The minimum Gasteiger partial charge on any atom is -0.481 e. The molecule has 2 atom stereocenters. The number of hydrogen-bond acceptors (Lipinski definition) is 4. The van der Waals surface area contributed by atoms with Crippen LogP contribution in [0.25, 0.3) is 0 Å². The average Bonchev–Trinajstić information content (AvgIpc) is 2.92. The van der Waals surface area contributed by atoms with E-state index >= 15 is 0 Å². The van der Waals surface area contributed by atoms with Gasteiger partial charge in [-0.05, 0) is 12.8 Å². The number of amides is 2. The number of hydrogen-bond donors (Lipinski definition) is 2. The molecule has 0 aromatic heterocycles. The van der Waals surface area contributed by atoms with Crippen LogP contribution in [0.15, 0.2) is 0 Å². The fourth-order valence-electron chi connectivity index (χ4n) is 2.89. The van der Waals surface area contributed by atoms with Gasteiger partial charge in [0.1, 0.15) is 0 Å². The molecule has 114 valence electrons. The Hall–Kier alpha value is -1.34. The van der Waals surface area contributed by atoms with Gasteiger partial charge in [-0.25, -0.2) is 4.79 Å². The molecule has 0 bridgehead atoms. The normalized spacial score (nSPS) is 30.6. The van der Waals surface area contributed by atoms with Crippen molar-refractivity contribution in [1.29, 1.82) is 0 Å². The molecule has 2 unspecified atom stereocenters. The number of aliphatic hydroxyl groups excluding tert-OH is 1. The number of morpholine rings is 1. The summed E-state index contributed by atoms with van der Waals surface area (Å²) in [7, 11) is 0. The Morgan fingerprint density at radius 1 is 1.40 bits per heavy atom. The summed E-state index contributed by atoms with van der Waals surface area (Å²) in [5, 5.41) is 18.7. The zero-order valence-electron chi connectivity index (χ0n) is 11.7. The lowest BCUT2D eigenvalue weighted by molar-refractivity contribution is -0.148. The highest BCUT2D eigenvalue weighted by molar-refractivity contribution is 5.80. The average molecular weight is 286 g/mol. The summed E-state index contributed by atoms with van der Waals surface area (Å²) in [6.45, 7) is 3.61. The molecule has 20 heavy (non-hydrogen) atoms. The third-order valence-corrected chi connectivity index (χ3v) is 4.44.